The maximum atomic E-state index is 11.4. The molecule has 0 aliphatic heterocycles. The van der Waals surface area contributed by atoms with Gasteiger partial charge in [0.2, 0.25) is 0 Å². The van der Waals surface area contributed by atoms with Crippen LogP contribution in [0, 0.1) is 0 Å². The van der Waals surface area contributed by atoms with Crippen molar-refractivity contribution in [3.8, 4) is 0 Å². The SMILES string of the molecule is O=C(O)CCCCC(F)(F)F.[Cl-]. The fraction of sp³-hybridized carbons (Fsp3) is 0.833. The van der Waals surface area contributed by atoms with Gasteiger partial charge in [0.15, 0.2) is 0 Å². The summed E-state index contributed by atoms with van der Waals surface area (Å²) in [6.45, 7) is 0. The molecule has 0 rings (SSSR count). The van der Waals surface area contributed by atoms with Gasteiger partial charge in [-0.2, -0.15) is 13.2 Å². The van der Waals surface area contributed by atoms with Crippen molar-refractivity contribution in [2.24, 2.45) is 0 Å². The molecule has 0 atom stereocenters. The molecule has 6 heteroatoms. The number of hydrogen-bond donors (Lipinski definition) is 1. The number of halogens is 4. The molecule has 12 heavy (non-hydrogen) atoms. The molecule has 0 aliphatic carbocycles. The lowest BCUT2D eigenvalue weighted by Gasteiger charge is -2.03. The van der Waals surface area contributed by atoms with E-state index >= 15 is 0 Å². The Balaban J connectivity index is 0. The Kier molecular flexibility index (Phi) is 7.18. The second-order valence-electron chi connectivity index (χ2n) is 2.22. The van der Waals surface area contributed by atoms with E-state index in [1.54, 1.807) is 0 Å². The van der Waals surface area contributed by atoms with Crippen LogP contribution in [0.4, 0.5) is 13.2 Å². The topological polar surface area (TPSA) is 37.3 Å². The lowest BCUT2D eigenvalue weighted by molar-refractivity contribution is -0.140. The Labute approximate surface area is 74.2 Å². The van der Waals surface area contributed by atoms with E-state index in [0.29, 0.717) is 0 Å². The van der Waals surface area contributed by atoms with Crippen molar-refractivity contribution in [1.82, 2.24) is 0 Å². The zero-order valence-corrected chi connectivity index (χ0v) is 6.95. The van der Waals surface area contributed by atoms with Crippen LogP contribution < -0.4 is 12.4 Å². The third-order valence-electron chi connectivity index (χ3n) is 1.10. The summed E-state index contributed by atoms with van der Waals surface area (Å²) in [4.78, 5) is 9.84. The van der Waals surface area contributed by atoms with Crippen LogP contribution in [0.25, 0.3) is 0 Å². The number of carboxylic acid groups (broad SMARTS) is 1. The first-order chi connectivity index (χ1) is 4.92. The molecular formula is C6H9ClF3O2-. The fourth-order valence-electron chi connectivity index (χ4n) is 0.602. The van der Waals surface area contributed by atoms with Crippen LogP contribution in [0.1, 0.15) is 25.7 Å². The zero-order valence-electron chi connectivity index (χ0n) is 6.20. The van der Waals surface area contributed by atoms with Gasteiger partial charge in [-0.15, -0.1) is 0 Å². The van der Waals surface area contributed by atoms with Crippen molar-refractivity contribution in [2.75, 3.05) is 0 Å². The smallest absolute Gasteiger partial charge is 0.389 e. The predicted octanol–water partition coefficient (Wildman–Crippen LogP) is -0.802. The van der Waals surface area contributed by atoms with E-state index in [1.807, 2.05) is 0 Å². The Morgan fingerprint density at radius 1 is 1.25 bits per heavy atom. The van der Waals surface area contributed by atoms with E-state index < -0.39 is 18.6 Å². The minimum absolute atomic E-state index is 0. The molecule has 0 saturated carbocycles. The highest BCUT2D eigenvalue weighted by Crippen LogP contribution is 2.22. The molecule has 0 heterocycles. The normalized spacial score (nSPS) is 10.6. The summed E-state index contributed by atoms with van der Waals surface area (Å²) in [7, 11) is 0. The van der Waals surface area contributed by atoms with Crippen LogP contribution >= 0.6 is 0 Å². The van der Waals surface area contributed by atoms with Crippen molar-refractivity contribution in [3.63, 3.8) is 0 Å². The molecule has 1 N–H and O–H groups in total. The summed E-state index contributed by atoms with van der Waals surface area (Å²) < 4.78 is 34.3. The first kappa shape index (κ1) is 14.1. The highest BCUT2D eigenvalue weighted by Gasteiger charge is 2.25. The Hall–Kier alpha value is -0.450. The highest BCUT2D eigenvalue weighted by molar-refractivity contribution is 5.66. The molecule has 0 radical (unpaired) electrons. The van der Waals surface area contributed by atoms with E-state index in [-0.39, 0.29) is 31.7 Å². The van der Waals surface area contributed by atoms with Gasteiger partial charge in [0.1, 0.15) is 0 Å². The summed E-state index contributed by atoms with van der Waals surface area (Å²) >= 11 is 0. The molecule has 0 fully saturated rings. The second-order valence-corrected chi connectivity index (χ2v) is 2.22. The molecule has 0 bridgehead atoms. The number of carbonyl (C=O) groups is 1. The van der Waals surface area contributed by atoms with Gasteiger partial charge < -0.3 is 17.5 Å². The number of carboxylic acids is 1. The number of alkyl halides is 3. The molecular weight excluding hydrogens is 197 g/mol. The Morgan fingerprint density at radius 3 is 2.08 bits per heavy atom. The molecule has 0 aliphatic rings. The van der Waals surface area contributed by atoms with Gasteiger partial charge in [0, 0.05) is 12.8 Å². The molecule has 2 nitrogen and oxygen atoms in total. The quantitative estimate of drug-likeness (QED) is 0.610. The Bertz CT molecular complexity index is 135. The van der Waals surface area contributed by atoms with E-state index in [4.69, 9.17) is 5.11 Å². The molecule has 0 amide bonds. The van der Waals surface area contributed by atoms with Gasteiger partial charge in [-0.1, -0.05) is 0 Å². The van der Waals surface area contributed by atoms with Gasteiger partial charge in [0.05, 0.1) is 0 Å². The number of aliphatic carboxylic acids is 1. The molecule has 0 aromatic carbocycles. The average molecular weight is 206 g/mol. The van der Waals surface area contributed by atoms with Crippen LogP contribution in [0.5, 0.6) is 0 Å². The molecule has 0 spiro atoms. The third kappa shape index (κ3) is 12.2. The largest absolute Gasteiger partial charge is 1.00 e. The molecule has 74 valence electrons. The first-order valence-corrected chi connectivity index (χ1v) is 3.20. The highest BCUT2D eigenvalue weighted by atomic mass is 35.5. The van der Waals surface area contributed by atoms with Gasteiger partial charge >= 0.3 is 12.1 Å². The van der Waals surface area contributed by atoms with E-state index in [9.17, 15) is 18.0 Å². The predicted molar refractivity (Wildman–Crippen MR) is 32.2 cm³/mol. The second kappa shape index (κ2) is 6.11. The van der Waals surface area contributed by atoms with E-state index in [2.05, 4.69) is 0 Å². The lowest BCUT2D eigenvalue weighted by atomic mass is 10.2. The first-order valence-electron chi connectivity index (χ1n) is 3.20. The summed E-state index contributed by atoms with van der Waals surface area (Å²) in [6, 6.07) is 0. The van der Waals surface area contributed by atoms with Crippen molar-refractivity contribution in [2.45, 2.75) is 31.9 Å². The van der Waals surface area contributed by atoms with Crippen LogP contribution in [0.15, 0.2) is 0 Å². The van der Waals surface area contributed by atoms with E-state index in [1.165, 1.54) is 0 Å². The van der Waals surface area contributed by atoms with Gasteiger partial charge in [-0.05, 0) is 12.8 Å². The maximum absolute atomic E-state index is 11.4. The minimum Gasteiger partial charge on any atom is -1.00 e. The summed E-state index contributed by atoms with van der Waals surface area (Å²) in [5, 5.41) is 8.06. The number of hydrogen-bond acceptors (Lipinski definition) is 1. The van der Waals surface area contributed by atoms with Crippen LogP contribution in [-0.4, -0.2) is 17.3 Å². The fourth-order valence-corrected chi connectivity index (χ4v) is 0.602. The van der Waals surface area contributed by atoms with E-state index in [0.717, 1.165) is 0 Å². The lowest BCUT2D eigenvalue weighted by Crippen LogP contribution is -3.00. The minimum atomic E-state index is -4.15. The maximum Gasteiger partial charge on any atom is 0.389 e. The van der Waals surface area contributed by atoms with Crippen molar-refractivity contribution in [3.05, 3.63) is 0 Å². The van der Waals surface area contributed by atoms with Crippen molar-refractivity contribution >= 4 is 5.97 Å². The van der Waals surface area contributed by atoms with Crippen molar-refractivity contribution < 1.29 is 35.5 Å². The van der Waals surface area contributed by atoms with Crippen LogP contribution in [-0.2, 0) is 4.79 Å². The average Bonchev–Trinajstić information content (AvgIpc) is 1.78. The van der Waals surface area contributed by atoms with Gasteiger partial charge in [-0.25, -0.2) is 0 Å². The number of rotatable bonds is 4. The molecule has 0 aromatic rings. The third-order valence-corrected chi connectivity index (χ3v) is 1.10. The zero-order chi connectivity index (χ0) is 8.91. The van der Waals surface area contributed by atoms with Gasteiger partial charge in [0.25, 0.3) is 0 Å². The van der Waals surface area contributed by atoms with Crippen molar-refractivity contribution in [1.29, 1.82) is 0 Å². The molecule has 0 saturated heterocycles. The summed E-state index contributed by atoms with van der Waals surface area (Å²) in [5.41, 5.74) is 0. The molecule has 0 unspecified atom stereocenters. The Morgan fingerprint density at radius 2 is 1.75 bits per heavy atom. The summed E-state index contributed by atoms with van der Waals surface area (Å²) in [6.07, 6.45) is -5.24. The number of unbranched alkanes of at least 4 members (excludes halogenated alkanes) is 1. The van der Waals surface area contributed by atoms with Crippen LogP contribution in [0.3, 0.4) is 0 Å². The monoisotopic (exact) mass is 205 g/mol. The summed E-state index contributed by atoms with van der Waals surface area (Å²) in [5.74, 6) is -1.05. The standard InChI is InChI=1S/C6H9F3O2.ClH/c7-6(8,9)4-2-1-3-5(10)11;/h1-4H2,(H,10,11);1H/p-1. The molecule has 0 aromatic heterocycles. The van der Waals surface area contributed by atoms with Crippen LogP contribution in [0.2, 0.25) is 0 Å². The van der Waals surface area contributed by atoms with Gasteiger partial charge in [-0.3, -0.25) is 4.79 Å².